The first-order chi connectivity index (χ1) is 10.6. The van der Waals surface area contributed by atoms with Gasteiger partial charge in [-0.3, -0.25) is 4.21 Å². The van der Waals surface area contributed by atoms with E-state index in [9.17, 15) is 8.60 Å². The van der Waals surface area contributed by atoms with Gasteiger partial charge >= 0.3 is 0 Å². The maximum atomic E-state index is 13.8. The predicted molar refractivity (Wildman–Crippen MR) is 90.0 cm³/mol. The Morgan fingerprint density at radius 2 is 2.09 bits per heavy atom. The maximum Gasteiger partial charge on any atom is 0.127 e. The zero-order chi connectivity index (χ0) is 15.5. The average Bonchev–Trinajstić information content (AvgIpc) is 3.17. The zero-order valence-corrected chi connectivity index (χ0v) is 14.3. The molecule has 22 heavy (non-hydrogen) atoms. The molecule has 0 unspecified atom stereocenters. The standard InChI is InChI=1S/C17H20FNOS2/c1-12(15-8-4-5-9-16(15)18)22(20)11-14-10-21-17(19-14)13-6-2-3-7-13/h4-5,8-10,12-13H,2-3,6-7,11H2,1H3/t12-,22-/m0/s1. The van der Waals surface area contributed by atoms with Crippen LogP contribution < -0.4 is 0 Å². The molecule has 2 atom stereocenters. The van der Waals surface area contributed by atoms with E-state index in [2.05, 4.69) is 4.98 Å². The van der Waals surface area contributed by atoms with Crippen LogP contribution in [0.4, 0.5) is 4.39 Å². The van der Waals surface area contributed by atoms with E-state index in [4.69, 9.17) is 0 Å². The van der Waals surface area contributed by atoms with Crippen molar-refractivity contribution >= 4 is 22.1 Å². The van der Waals surface area contributed by atoms with Gasteiger partial charge in [-0.25, -0.2) is 9.37 Å². The van der Waals surface area contributed by atoms with Crippen LogP contribution in [-0.4, -0.2) is 9.19 Å². The summed E-state index contributed by atoms with van der Waals surface area (Å²) in [5.41, 5.74) is 1.40. The number of benzene rings is 1. The Morgan fingerprint density at radius 3 is 2.82 bits per heavy atom. The second kappa shape index (κ2) is 7.01. The molecule has 0 aliphatic heterocycles. The second-order valence-electron chi connectivity index (χ2n) is 5.85. The normalized spacial score (nSPS) is 18.5. The number of thiazole rings is 1. The Hall–Kier alpha value is -1.07. The minimum absolute atomic E-state index is 0.284. The van der Waals surface area contributed by atoms with Gasteiger partial charge in [0.1, 0.15) is 5.82 Å². The Morgan fingerprint density at radius 1 is 1.36 bits per heavy atom. The Labute approximate surface area is 137 Å². The van der Waals surface area contributed by atoms with Crippen LogP contribution >= 0.6 is 11.3 Å². The SMILES string of the molecule is C[C@@H](c1ccccc1F)[S@@](=O)Cc1csc(C2CCCC2)n1. The van der Waals surface area contributed by atoms with Crippen LogP contribution in [-0.2, 0) is 16.6 Å². The lowest BCUT2D eigenvalue weighted by molar-refractivity contribution is 0.606. The van der Waals surface area contributed by atoms with Gasteiger partial charge in [0.2, 0.25) is 0 Å². The molecule has 0 spiro atoms. The summed E-state index contributed by atoms with van der Waals surface area (Å²) < 4.78 is 26.3. The van der Waals surface area contributed by atoms with Gasteiger partial charge in [0.05, 0.1) is 21.7 Å². The van der Waals surface area contributed by atoms with Gasteiger partial charge in [0, 0.05) is 27.7 Å². The highest BCUT2D eigenvalue weighted by Crippen LogP contribution is 2.36. The molecule has 1 heterocycles. The number of aromatic nitrogens is 1. The lowest BCUT2D eigenvalue weighted by Crippen LogP contribution is -2.07. The van der Waals surface area contributed by atoms with Crippen molar-refractivity contribution in [2.75, 3.05) is 0 Å². The van der Waals surface area contributed by atoms with Crippen LogP contribution in [0, 0.1) is 5.82 Å². The fourth-order valence-corrected chi connectivity index (χ4v) is 5.23. The summed E-state index contributed by atoms with van der Waals surface area (Å²) in [6.07, 6.45) is 5.02. The molecule has 3 rings (SSSR count). The number of halogens is 1. The van der Waals surface area contributed by atoms with E-state index in [0.29, 0.717) is 17.2 Å². The zero-order valence-electron chi connectivity index (χ0n) is 12.6. The summed E-state index contributed by atoms with van der Waals surface area (Å²) in [5, 5.41) is 2.88. The summed E-state index contributed by atoms with van der Waals surface area (Å²) >= 11 is 1.68. The lowest BCUT2D eigenvalue weighted by Gasteiger charge is -2.12. The molecule has 1 aliphatic carbocycles. The highest BCUT2D eigenvalue weighted by atomic mass is 32.2. The van der Waals surface area contributed by atoms with Gasteiger partial charge in [-0.05, 0) is 25.8 Å². The van der Waals surface area contributed by atoms with Crippen LogP contribution in [0.3, 0.4) is 0 Å². The number of nitrogens with zero attached hydrogens (tertiary/aromatic N) is 1. The third-order valence-electron chi connectivity index (χ3n) is 4.30. The van der Waals surface area contributed by atoms with Crippen LogP contribution in [0.2, 0.25) is 0 Å². The minimum Gasteiger partial charge on any atom is -0.259 e. The molecule has 0 N–H and O–H groups in total. The maximum absolute atomic E-state index is 13.8. The average molecular weight is 337 g/mol. The molecular formula is C17H20FNOS2. The summed E-state index contributed by atoms with van der Waals surface area (Å²) in [6.45, 7) is 1.82. The summed E-state index contributed by atoms with van der Waals surface area (Å²) in [6, 6.07) is 6.57. The van der Waals surface area contributed by atoms with Gasteiger partial charge in [0.15, 0.2) is 0 Å². The lowest BCUT2D eigenvalue weighted by atomic mass is 10.1. The molecule has 1 aromatic heterocycles. The van der Waals surface area contributed by atoms with Crippen LogP contribution in [0.25, 0.3) is 0 Å². The highest BCUT2D eigenvalue weighted by molar-refractivity contribution is 7.84. The van der Waals surface area contributed by atoms with Crippen molar-refractivity contribution < 1.29 is 8.60 Å². The first-order valence-electron chi connectivity index (χ1n) is 7.71. The fraction of sp³-hybridized carbons (Fsp3) is 0.471. The fourth-order valence-electron chi connectivity index (χ4n) is 2.97. The van der Waals surface area contributed by atoms with E-state index >= 15 is 0 Å². The van der Waals surface area contributed by atoms with Crippen molar-refractivity contribution in [3.05, 3.63) is 51.7 Å². The third-order valence-corrected chi connectivity index (χ3v) is 6.98. The molecule has 5 heteroatoms. The molecule has 1 aliphatic rings. The van der Waals surface area contributed by atoms with Crippen molar-refractivity contribution in [1.82, 2.24) is 4.98 Å². The van der Waals surface area contributed by atoms with Crippen molar-refractivity contribution in [2.24, 2.45) is 0 Å². The molecule has 0 bridgehead atoms. The summed E-state index contributed by atoms with van der Waals surface area (Å²) in [7, 11) is -1.16. The van der Waals surface area contributed by atoms with Crippen LogP contribution in [0.5, 0.6) is 0 Å². The summed E-state index contributed by atoms with van der Waals surface area (Å²) in [5.74, 6) is 0.711. The van der Waals surface area contributed by atoms with E-state index in [1.54, 1.807) is 29.5 Å². The van der Waals surface area contributed by atoms with Crippen molar-refractivity contribution in [1.29, 1.82) is 0 Å². The number of rotatable bonds is 5. The van der Waals surface area contributed by atoms with E-state index in [-0.39, 0.29) is 11.1 Å². The molecule has 0 saturated heterocycles. The van der Waals surface area contributed by atoms with Crippen LogP contribution in [0.15, 0.2) is 29.6 Å². The molecule has 1 saturated carbocycles. The van der Waals surface area contributed by atoms with Crippen LogP contribution in [0.1, 0.15) is 60.0 Å². The number of hydrogen-bond acceptors (Lipinski definition) is 3. The first kappa shape index (κ1) is 15.8. The molecule has 0 amide bonds. The topological polar surface area (TPSA) is 30.0 Å². The van der Waals surface area contributed by atoms with Gasteiger partial charge in [-0.2, -0.15) is 0 Å². The van der Waals surface area contributed by atoms with Gasteiger partial charge < -0.3 is 0 Å². The van der Waals surface area contributed by atoms with E-state index in [1.807, 2.05) is 12.3 Å². The quantitative estimate of drug-likeness (QED) is 0.772. The Kier molecular flexibility index (Phi) is 5.03. The largest absolute Gasteiger partial charge is 0.259 e. The molecular weight excluding hydrogens is 317 g/mol. The molecule has 2 aromatic rings. The van der Waals surface area contributed by atoms with Gasteiger partial charge in [-0.1, -0.05) is 31.0 Å². The first-order valence-corrected chi connectivity index (χ1v) is 9.97. The molecule has 0 radical (unpaired) electrons. The molecule has 118 valence electrons. The third kappa shape index (κ3) is 3.46. The monoisotopic (exact) mass is 337 g/mol. The molecule has 2 nitrogen and oxygen atoms in total. The Bertz CT molecular complexity index is 664. The summed E-state index contributed by atoms with van der Waals surface area (Å²) in [4.78, 5) is 4.66. The highest BCUT2D eigenvalue weighted by Gasteiger charge is 2.22. The van der Waals surface area contributed by atoms with E-state index < -0.39 is 10.8 Å². The van der Waals surface area contributed by atoms with E-state index in [1.165, 1.54) is 36.8 Å². The van der Waals surface area contributed by atoms with E-state index in [0.717, 1.165) is 5.69 Å². The second-order valence-corrected chi connectivity index (χ2v) is 8.49. The minimum atomic E-state index is -1.16. The van der Waals surface area contributed by atoms with Crippen molar-refractivity contribution in [3.63, 3.8) is 0 Å². The Balaban J connectivity index is 1.67. The van der Waals surface area contributed by atoms with Crippen molar-refractivity contribution in [3.8, 4) is 0 Å². The smallest absolute Gasteiger partial charge is 0.127 e. The predicted octanol–water partition coefficient (Wildman–Crippen LogP) is 4.95. The number of hydrogen-bond donors (Lipinski definition) is 0. The molecule has 1 aromatic carbocycles. The van der Waals surface area contributed by atoms with Gasteiger partial charge in [0.25, 0.3) is 0 Å². The van der Waals surface area contributed by atoms with Crippen molar-refractivity contribution in [2.45, 2.75) is 49.5 Å². The molecule has 1 fully saturated rings. The van der Waals surface area contributed by atoms with Gasteiger partial charge in [-0.15, -0.1) is 11.3 Å².